The molecule has 1 N–H and O–H groups in total. The SMILES string of the molecule is CC[C@@H](C(=O)NCC(C)C)N(Cc1ccc(Cl)c(Cl)c1)C(=O)COc1ccc(Cl)cc1Br. The average Bonchev–Trinajstić information content (AvgIpc) is 2.73. The average molecular weight is 565 g/mol. The molecule has 0 spiro atoms. The van der Waals surface area contributed by atoms with Crippen LogP contribution in [0.2, 0.25) is 15.1 Å². The van der Waals surface area contributed by atoms with Gasteiger partial charge in [0.2, 0.25) is 5.91 Å². The number of carbonyl (C=O) groups is 2. The first-order valence-corrected chi connectivity index (χ1v) is 12.1. The maximum Gasteiger partial charge on any atom is 0.261 e. The van der Waals surface area contributed by atoms with Gasteiger partial charge in [-0.15, -0.1) is 0 Å². The van der Waals surface area contributed by atoms with Crippen LogP contribution in [0, 0.1) is 5.92 Å². The lowest BCUT2D eigenvalue weighted by Crippen LogP contribution is -2.50. The largest absolute Gasteiger partial charge is 0.483 e. The Labute approximate surface area is 212 Å². The second kappa shape index (κ2) is 12.7. The van der Waals surface area contributed by atoms with Crippen molar-refractivity contribution < 1.29 is 14.3 Å². The van der Waals surface area contributed by atoms with E-state index in [0.29, 0.717) is 44.2 Å². The smallest absolute Gasteiger partial charge is 0.261 e. The molecule has 0 aliphatic rings. The molecule has 5 nitrogen and oxygen atoms in total. The third-order valence-corrected chi connectivity index (χ3v) is 6.25. The maximum absolute atomic E-state index is 13.2. The lowest BCUT2D eigenvalue weighted by molar-refractivity contribution is -0.143. The third kappa shape index (κ3) is 7.84. The van der Waals surface area contributed by atoms with Gasteiger partial charge in [0.1, 0.15) is 11.8 Å². The molecule has 2 aromatic rings. The van der Waals surface area contributed by atoms with Crippen LogP contribution < -0.4 is 10.1 Å². The summed E-state index contributed by atoms with van der Waals surface area (Å²) in [6.45, 7) is 6.36. The van der Waals surface area contributed by atoms with E-state index >= 15 is 0 Å². The van der Waals surface area contributed by atoms with Gasteiger partial charge in [-0.1, -0.05) is 61.6 Å². The minimum atomic E-state index is -0.659. The Kier molecular flexibility index (Phi) is 10.6. The predicted octanol–water partition coefficient (Wildman–Crippen LogP) is 6.37. The number of carbonyl (C=O) groups excluding carboxylic acids is 2. The lowest BCUT2D eigenvalue weighted by Gasteiger charge is -2.31. The number of rotatable bonds is 10. The van der Waals surface area contributed by atoms with Gasteiger partial charge >= 0.3 is 0 Å². The molecule has 174 valence electrons. The Morgan fingerprint density at radius 2 is 1.81 bits per heavy atom. The third-order valence-electron chi connectivity index (χ3n) is 4.65. The number of ether oxygens (including phenoxy) is 1. The molecule has 0 saturated carbocycles. The van der Waals surface area contributed by atoms with Crippen molar-refractivity contribution in [2.75, 3.05) is 13.2 Å². The number of hydrogen-bond donors (Lipinski definition) is 1. The standard InChI is InChI=1S/C23H26BrCl3N2O3/c1-4-20(23(31)28-11-14(2)3)29(12-15-5-7-18(26)19(27)9-15)22(30)13-32-21-8-6-16(25)10-17(21)24/h5-10,14,20H,4,11-13H2,1-3H3,(H,28,31)/t20-/m0/s1. The minimum Gasteiger partial charge on any atom is -0.483 e. The quantitative estimate of drug-likeness (QED) is 0.365. The molecule has 1 atom stereocenters. The Bertz CT molecular complexity index is 956. The molecular formula is C23H26BrCl3N2O3. The number of hydrogen-bond acceptors (Lipinski definition) is 3. The van der Waals surface area contributed by atoms with E-state index in [1.165, 1.54) is 4.90 Å². The summed E-state index contributed by atoms with van der Waals surface area (Å²) in [4.78, 5) is 27.6. The molecule has 0 bridgehead atoms. The molecule has 0 aromatic heterocycles. The van der Waals surface area contributed by atoms with E-state index in [0.717, 1.165) is 5.56 Å². The zero-order valence-corrected chi connectivity index (χ0v) is 22.0. The number of nitrogens with one attached hydrogen (secondary N) is 1. The lowest BCUT2D eigenvalue weighted by atomic mass is 10.1. The molecule has 0 fully saturated rings. The summed E-state index contributed by atoms with van der Waals surface area (Å²) in [6.07, 6.45) is 0.446. The highest BCUT2D eigenvalue weighted by Gasteiger charge is 2.29. The van der Waals surface area contributed by atoms with Gasteiger partial charge in [0, 0.05) is 18.1 Å². The molecule has 32 heavy (non-hydrogen) atoms. The summed E-state index contributed by atoms with van der Waals surface area (Å²) >= 11 is 21.5. The van der Waals surface area contributed by atoms with E-state index < -0.39 is 6.04 Å². The fraction of sp³-hybridized carbons (Fsp3) is 0.391. The molecule has 9 heteroatoms. The summed E-state index contributed by atoms with van der Waals surface area (Å²) in [7, 11) is 0. The minimum absolute atomic E-state index is 0.189. The second-order valence-corrected chi connectivity index (χ2v) is 9.80. The Morgan fingerprint density at radius 3 is 2.41 bits per heavy atom. The van der Waals surface area contributed by atoms with Gasteiger partial charge in [0.25, 0.3) is 5.91 Å². The number of nitrogens with zero attached hydrogens (tertiary/aromatic N) is 1. The van der Waals surface area contributed by atoms with Crippen molar-refractivity contribution in [3.05, 3.63) is 61.5 Å². The van der Waals surface area contributed by atoms with Crippen LogP contribution in [-0.4, -0.2) is 35.9 Å². The Morgan fingerprint density at radius 1 is 1.09 bits per heavy atom. The summed E-state index contributed by atoms with van der Waals surface area (Å²) in [5, 5.41) is 4.27. The molecular weight excluding hydrogens is 539 g/mol. The van der Waals surface area contributed by atoms with Crippen molar-refractivity contribution >= 4 is 62.5 Å². The second-order valence-electron chi connectivity index (χ2n) is 7.70. The van der Waals surface area contributed by atoms with Crippen LogP contribution in [0.3, 0.4) is 0 Å². The molecule has 0 aliphatic carbocycles. The van der Waals surface area contributed by atoms with Gasteiger partial charge in [0.15, 0.2) is 6.61 Å². The highest BCUT2D eigenvalue weighted by molar-refractivity contribution is 9.10. The van der Waals surface area contributed by atoms with Crippen LogP contribution in [0.15, 0.2) is 40.9 Å². The van der Waals surface area contributed by atoms with Gasteiger partial charge in [0.05, 0.1) is 14.5 Å². The van der Waals surface area contributed by atoms with Crippen LogP contribution >= 0.6 is 50.7 Å². The topological polar surface area (TPSA) is 58.6 Å². The Hall–Kier alpha value is -1.47. The van der Waals surface area contributed by atoms with E-state index in [1.807, 2.05) is 20.8 Å². The highest BCUT2D eigenvalue weighted by atomic mass is 79.9. The molecule has 2 aromatic carbocycles. The number of halogens is 4. The van der Waals surface area contributed by atoms with Crippen molar-refractivity contribution in [1.29, 1.82) is 0 Å². The fourth-order valence-corrected chi connectivity index (χ4v) is 4.11. The Balaban J connectivity index is 2.24. The number of amides is 2. The van der Waals surface area contributed by atoms with Crippen LogP contribution in [0.1, 0.15) is 32.8 Å². The summed E-state index contributed by atoms with van der Waals surface area (Å²) in [5.41, 5.74) is 0.760. The predicted molar refractivity (Wildman–Crippen MR) is 134 cm³/mol. The molecule has 0 unspecified atom stereocenters. The van der Waals surface area contributed by atoms with Gasteiger partial charge in [-0.25, -0.2) is 0 Å². The maximum atomic E-state index is 13.2. The van der Waals surface area contributed by atoms with Crippen LogP contribution in [-0.2, 0) is 16.1 Å². The van der Waals surface area contributed by atoms with Crippen LogP contribution in [0.5, 0.6) is 5.75 Å². The monoisotopic (exact) mass is 562 g/mol. The summed E-state index contributed by atoms with van der Waals surface area (Å²) in [6, 6.07) is 9.52. The van der Waals surface area contributed by atoms with E-state index in [-0.39, 0.29) is 25.0 Å². The van der Waals surface area contributed by atoms with Gasteiger partial charge in [-0.2, -0.15) is 0 Å². The first-order chi connectivity index (χ1) is 15.1. The fourth-order valence-electron chi connectivity index (χ4n) is 2.99. The van der Waals surface area contributed by atoms with Crippen LogP contribution in [0.4, 0.5) is 0 Å². The van der Waals surface area contributed by atoms with Crippen molar-refractivity contribution in [3.63, 3.8) is 0 Å². The molecule has 0 heterocycles. The summed E-state index contributed by atoms with van der Waals surface area (Å²) in [5.74, 6) is 0.238. The van der Waals surface area contributed by atoms with E-state index in [4.69, 9.17) is 39.5 Å². The molecule has 2 amide bonds. The van der Waals surface area contributed by atoms with E-state index in [2.05, 4.69) is 21.2 Å². The molecule has 2 rings (SSSR count). The van der Waals surface area contributed by atoms with Gasteiger partial charge in [-0.3, -0.25) is 9.59 Å². The zero-order chi connectivity index (χ0) is 23.8. The van der Waals surface area contributed by atoms with Crippen LogP contribution in [0.25, 0.3) is 0 Å². The highest BCUT2D eigenvalue weighted by Crippen LogP contribution is 2.28. The van der Waals surface area contributed by atoms with Crippen molar-refractivity contribution in [2.45, 2.75) is 39.8 Å². The van der Waals surface area contributed by atoms with Gasteiger partial charge < -0.3 is 15.0 Å². The van der Waals surface area contributed by atoms with Crippen molar-refractivity contribution in [1.82, 2.24) is 10.2 Å². The first-order valence-electron chi connectivity index (χ1n) is 10.2. The molecule has 0 aliphatic heterocycles. The molecule has 0 saturated heterocycles. The van der Waals surface area contributed by atoms with Crippen molar-refractivity contribution in [2.24, 2.45) is 5.92 Å². The van der Waals surface area contributed by atoms with Crippen molar-refractivity contribution in [3.8, 4) is 5.75 Å². The summed E-state index contributed by atoms with van der Waals surface area (Å²) < 4.78 is 6.35. The normalized spacial score (nSPS) is 11.9. The number of benzene rings is 2. The molecule has 0 radical (unpaired) electrons. The zero-order valence-electron chi connectivity index (χ0n) is 18.1. The first kappa shape index (κ1) is 26.8. The van der Waals surface area contributed by atoms with E-state index in [9.17, 15) is 9.59 Å². The van der Waals surface area contributed by atoms with Gasteiger partial charge in [-0.05, 0) is 64.2 Å². The van der Waals surface area contributed by atoms with E-state index in [1.54, 1.807) is 36.4 Å².